The summed E-state index contributed by atoms with van der Waals surface area (Å²) in [6.45, 7) is 0. The average molecular weight is 388 g/mol. The maximum Gasteiger partial charge on any atom is 0.403 e. The highest BCUT2D eigenvalue weighted by Crippen LogP contribution is 2.60. The number of fused-ring (bicyclic) bond motifs is 3. The Morgan fingerprint density at radius 1 is 1.14 bits per heavy atom. The van der Waals surface area contributed by atoms with E-state index in [2.05, 4.69) is 17.1 Å². The molecule has 3 heterocycles. The molecule has 1 aromatic heterocycles. The lowest BCUT2D eigenvalue weighted by atomic mass is 9.84. The van der Waals surface area contributed by atoms with E-state index in [9.17, 15) is 18.0 Å². The van der Waals surface area contributed by atoms with Gasteiger partial charge < -0.3 is 4.90 Å². The molecule has 1 aromatic carbocycles. The van der Waals surface area contributed by atoms with Crippen LogP contribution in [-0.4, -0.2) is 34.1 Å². The van der Waals surface area contributed by atoms with Crippen molar-refractivity contribution in [2.45, 2.75) is 63.2 Å². The van der Waals surface area contributed by atoms with Gasteiger partial charge in [-0.15, -0.1) is 0 Å². The zero-order chi connectivity index (χ0) is 19.5. The molecule has 3 nitrogen and oxygen atoms in total. The molecule has 3 fully saturated rings. The Bertz CT molecular complexity index is 902. The fraction of sp³-hybridized carbons (Fsp3) is 0.545. The van der Waals surface area contributed by atoms with Crippen LogP contribution in [0.2, 0.25) is 0 Å². The van der Waals surface area contributed by atoms with E-state index < -0.39 is 17.5 Å². The van der Waals surface area contributed by atoms with Crippen molar-refractivity contribution in [3.05, 3.63) is 42.2 Å². The van der Waals surface area contributed by atoms with Gasteiger partial charge >= 0.3 is 6.18 Å². The number of carbonyl (C=O) groups is 1. The number of hydrogen-bond donors (Lipinski definition) is 0. The number of benzene rings is 1. The van der Waals surface area contributed by atoms with Crippen molar-refractivity contribution in [2.75, 3.05) is 0 Å². The molecule has 148 valence electrons. The van der Waals surface area contributed by atoms with Gasteiger partial charge in [-0.05, 0) is 67.9 Å². The fourth-order valence-corrected chi connectivity index (χ4v) is 5.44. The van der Waals surface area contributed by atoms with Crippen molar-refractivity contribution in [3.8, 4) is 0 Å². The van der Waals surface area contributed by atoms with Crippen LogP contribution in [0, 0.1) is 11.3 Å². The number of halogens is 3. The summed E-state index contributed by atoms with van der Waals surface area (Å²) in [6, 6.07) is 8.15. The number of carbonyl (C=O) groups excluding carboxylic acids is 1. The molecule has 1 saturated carbocycles. The predicted molar refractivity (Wildman–Crippen MR) is 99.5 cm³/mol. The van der Waals surface area contributed by atoms with Crippen molar-refractivity contribution in [3.63, 3.8) is 0 Å². The molecule has 0 radical (unpaired) electrons. The number of alkyl halides is 3. The van der Waals surface area contributed by atoms with E-state index in [0.29, 0.717) is 5.92 Å². The second-order valence-corrected chi connectivity index (χ2v) is 8.73. The minimum atomic E-state index is -4.42. The van der Waals surface area contributed by atoms with Crippen molar-refractivity contribution in [2.24, 2.45) is 11.3 Å². The Balaban J connectivity index is 1.34. The highest BCUT2D eigenvalue weighted by Gasteiger charge is 2.70. The lowest BCUT2D eigenvalue weighted by molar-refractivity contribution is -0.201. The van der Waals surface area contributed by atoms with Gasteiger partial charge in [-0.25, -0.2) is 0 Å². The van der Waals surface area contributed by atoms with Crippen LogP contribution < -0.4 is 0 Å². The van der Waals surface area contributed by atoms with Crippen LogP contribution in [0.3, 0.4) is 0 Å². The Morgan fingerprint density at radius 3 is 2.50 bits per heavy atom. The Kier molecular flexibility index (Phi) is 3.97. The third-order valence-corrected chi connectivity index (χ3v) is 7.05. The summed E-state index contributed by atoms with van der Waals surface area (Å²) < 4.78 is 40.3. The maximum absolute atomic E-state index is 13.4. The molecule has 2 unspecified atom stereocenters. The van der Waals surface area contributed by atoms with Crippen molar-refractivity contribution >= 4 is 16.7 Å². The molecule has 1 amide bonds. The summed E-state index contributed by atoms with van der Waals surface area (Å²) in [5.41, 5.74) is -0.842. The second kappa shape index (κ2) is 6.19. The molecule has 0 N–H and O–H groups in total. The van der Waals surface area contributed by atoms with Gasteiger partial charge in [0.15, 0.2) is 0 Å². The van der Waals surface area contributed by atoms with Gasteiger partial charge in [0.2, 0.25) is 5.91 Å². The number of hydrogen-bond acceptors (Lipinski definition) is 2. The molecule has 2 aliphatic heterocycles. The van der Waals surface area contributed by atoms with Gasteiger partial charge in [0, 0.05) is 29.9 Å². The molecule has 2 saturated heterocycles. The maximum atomic E-state index is 13.4. The first-order valence-corrected chi connectivity index (χ1v) is 10.1. The first kappa shape index (κ1) is 18.0. The van der Waals surface area contributed by atoms with E-state index in [1.165, 1.54) is 5.56 Å². The molecular formula is C22H23F3N2O. The number of nitrogens with zero attached hydrogens (tertiary/aromatic N) is 2. The van der Waals surface area contributed by atoms with Crippen molar-refractivity contribution in [1.82, 2.24) is 9.88 Å². The van der Waals surface area contributed by atoms with E-state index >= 15 is 0 Å². The lowest BCUT2D eigenvalue weighted by Crippen LogP contribution is -2.52. The van der Waals surface area contributed by atoms with Crippen LogP contribution in [-0.2, 0) is 11.2 Å². The minimum absolute atomic E-state index is 0.0378. The van der Waals surface area contributed by atoms with Crippen LogP contribution >= 0.6 is 0 Å². The largest absolute Gasteiger partial charge is 0.403 e. The number of piperidine rings is 1. The Labute approximate surface area is 161 Å². The van der Waals surface area contributed by atoms with Crippen molar-refractivity contribution in [1.29, 1.82) is 0 Å². The van der Waals surface area contributed by atoms with Gasteiger partial charge in [0.1, 0.15) is 5.41 Å². The smallest absolute Gasteiger partial charge is 0.336 e. The van der Waals surface area contributed by atoms with E-state index in [1.807, 2.05) is 18.3 Å². The molecular weight excluding hydrogens is 365 g/mol. The standard InChI is InChI=1S/C22H23F3N2O/c23-22(24,25)21(7-8-21)20(28)27-17-4-5-18(27)12-14(11-17)10-16-3-1-2-15-6-9-26-13-19(15)16/h1-3,6,9,13-14,17-18H,4-5,7-8,10-12H2. The quantitative estimate of drug-likeness (QED) is 0.750. The number of amides is 1. The Morgan fingerprint density at radius 2 is 1.86 bits per heavy atom. The summed E-state index contributed by atoms with van der Waals surface area (Å²) in [5, 5.41) is 2.30. The molecule has 2 aromatic rings. The van der Waals surface area contributed by atoms with Gasteiger partial charge in [-0.3, -0.25) is 9.78 Å². The van der Waals surface area contributed by atoms with E-state index in [0.717, 1.165) is 42.9 Å². The van der Waals surface area contributed by atoms with Gasteiger partial charge in [-0.2, -0.15) is 13.2 Å². The fourth-order valence-electron chi connectivity index (χ4n) is 5.44. The SMILES string of the molecule is O=C(N1C2CCC1CC(Cc1cccc3ccncc13)C2)C1(C(F)(F)F)CC1. The molecule has 0 spiro atoms. The van der Waals surface area contributed by atoms with Crippen LogP contribution in [0.25, 0.3) is 10.8 Å². The number of aromatic nitrogens is 1. The minimum Gasteiger partial charge on any atom is -0.336 e. The molecule has 3 aliphatic rings. The summed E-state index contributed by atoms with van der Waals surface area (Å²) in [6.07, 6.45) is 3.31. The summed E-state index contributed by atoms with van der Waals surface area (Å²) >= 11 is 0. The first-order chi connectivity index (χ1) is 13.4. The van der Waals surface area contributed by atoms with Crippen molar-refractivity contribution < 1.29 is 18.0 Å². The molecule has 1 aliphatic carbocycles. The van der Waals surface area contributed by atoms with E-state index in [4.69, 9.17) is 0 Å². The third kappa shape index (κ3) is 2.72. The molecule has 2 bridgehead atoms. The predicted octanol–water partition coefficient (Wildman–Crippen LogP) is 4.89. The van der Waals surface area contributed by atoms with Crippen LogP contribution in [0.5, 0.6) is 0 Å². The zero-order valence-corrected chi connectivity index (χ0v) is 15.6. The molecule has 5 rings (SSSR count). The van der Waals surface area contributed by atoms with E-state index in [-0.39, 0.29) is 24.9 Å². The first-order valence-electron chi connectivity index (χ1n) is 10.1. The van der Waals surface area contributed by atoms with Crippen LogP contribution in [0.4, 0.5) is 13.2 Å². The summed E-state index contributed by atoms with van der Waals surface area (Å²) in [7, 11) is 0. The monoisotopic (exact) mass is 388 g/mol. The highest BCUT2D eigenvalue weighted by atomic mass is 19.4. The zero-order valence-electron chi connectivity index (χ0n) is 15.6. The average Bonchev–Trinajstić information content (AvgIpc) is 3.43. The molecule has 6 heteroatoms. The molecule has 2 atom stereocenters. The highest BCUT2D eigenvalue weighted by molar-refractivity contribution is 5.87. The van der Waals surface area contributed by atoms with E-state index in [1.54, 1.807) is 11.1 Å². The Hall–Kier alpha value is -2.11. The topological polar surface area (TPSA) is 33.2 Å². The molecule has 28 heavy (non-hydrogen) atoms. The van der Waals surface area contributed by atoms with Crippen LogP contribution in [0.1, 0.15) is 44.1 Å². The third-order valence-electron chi connectivity index (χ3n) is 7.05. The lowest BCUT2D eigenvalue weighted by Gasteiger charge is -2.41. The second-order valence-electron chi connectivity index (χ2n) is 8.73. The van der Waals surface area contributed by atoms with Gasteiger partial charge in [-0.1, -0.05) is 18.2 Å². The summed E-state index contributed by atoms with van der Waals surface area (Å²) in [5.74, 6) is -0.256. The van der Waals surface area contributed by atoms with Crippen LogP contribution in [0.15, 0.2) is 36.7 Å². The normalized spacial score (nSPS) is 28.5. The number of pyridine rings is 1. The van der Waals surface area contributed by atoms with Gasteiger partial charge in [0.25, 0.3) is 0 Å². The number of rotatable bonds is 3. The summed E-state index contributed by atoms with van der Waals surface area (Å²) in [4.78, 5) is 18.7. The van der Waals surface area contributed by atoms with Gasteiger partial charge in [0.05, 0.1) is 0 Å².